The zero-order valence-electron chi connectivity index (χ0n) is 16.6. The van der Waals surface area contributed by atoms with Gasteiger partial charge in [0.25, 0.3) is 11.7 Å². The van der Waals surface area contributed by atoms with Crippen molar-refractivity contribution in [2.75, 3.05) is 34.3 Å². The molecule has 1 aliphatic rings. The van der Waals surface area contributed by atoms with Crippen LogP contribution in [0.2, 0.25) is 0 Å². The van der Waals surface area contributed by atoms with Crippen molar-refractivity contribution in [3.8, 4) is 5.75 Å². The van der Waals surface area contributed by atoms with Crippen molar-refractivity contribution < 1.29 is 23.8 Å². The number of benzene rings is 2. The fourth-order valence-electron chi connectivity index (χ4n) is 3.31. The maximum atomic E-state index is 13.4. The molecule has 0 aromatic heterocycles. The smallest absolute Gasteiger partial charge is 0.295 e. The number of hydrogen-bond acceptors (Lipinski definition) is 5. The SMILES string of the molecule is COc1ccc(C(O)=C2C(=O)C(=O)N(CCN(C)C)[C@@H]2c2ccc(F)cc2)cc1. The minimum absolute atomic E-state index is 0.00877. The van der Waals surface area contributed by atoms with Gasteiger partial charge in [-0.05, 0) is 56.1 Å². The summed E-state index contributed by atoms with van der Waals surface area (Å²) >= 11 is 0. The van der Waals surface area contributed by atoms with Gasteiger partial charge >= 0.3 is 0 Å². The van der Waals surface area contributed by atoms with E-state index in [9.17, 15) is 19.1 Å². The number of aliphatic hydroxyl groups is 1. The Morgan fingerprint density at radius 2 is 1.72 bits per heavy atom. The lowest BCUT2D eigenvalue weighted by atomic mass is 9.95. The number of halogens is 1. The second kappa shape index (κ2) is 8.45. The van der Waals surface area contributed by atoms with E-state index in [0.29, 0.717) is 30.0 Å². The molecule has 0 spiro atoms. The topological polar surface area (TPSA) is 70.1 Å². The van der Waals surface area contributed by atoms with Crippen LogP contribution in [0.15, 0.2) is 54.1 Å². The Morgan fingerprint density at radius 1 is 1.10 bits per heavy atom. The van der Waals surface area contributed by atoms with Gasteiger partial charge < -0.3 is 19.6 Å². The Morgan fingerprint density at radius 3 is 2.28 bits per heavy atom. The predicted molar refractivity (Wildman–Crippen MR) is 107 cm³/mol. The van der Waals surface area contributed by atoms with E-state index in [1.807, 2.05) is 19.0 Å². The summed E-state index contributed by atoms with van der Waals surface area (Å²) in [5.74, 6) is -1.53. The lowest BCUT2D eigenvalue weighted by Crippen LogP contribution is -2.35. The van der Waals surface area contributed by atoms with E-state index in [-0.39, 0.29) is 11.3 Å². The van der Waals surface area contributed by atoms with E-state index < -0.39 is 23.5 Å². The largest absolute Gasteiger partial charge is 0.507 e. The first-order chi connectivity index (χ1) is 13.8. The van der Waals surface area contributed by atoms with E-state index in [4.69, 9.17) is 4.74 Å². The summed E-state index contributed by atoms with van der Waals surface area (Å²) in [4.78, 5) is 28.9. The highest BCUT2D eigenvalue weighted by molar-refractivity contribution is 6.46. The van der Waals surface area contributed by atoms with Crippen molar-refractivity contribution in [3.05, 3.63) is 71.0 Å². The molecule has 1 heterocycles. The van der Waals surface area contributed by atoms with Gasteiger partial charge in [0.2, 0.25) is 0 Å². The summed E-state index contributed by atoms with van der Waals surface area (Å²) in [7, 11) is 5.25. The number of Topliss-reactive ketones (excluding diaryl/α,β-unsaturated/α-hetero) is 1. The Hall–Kier alpha value is -3.19. The van der Waals surface area contributed by atoms with Crippen molar-refractivity contribution in [1.82, 2.24) is 9.80 Å². The van der Waals surface area contributed by atoms with Crippen LogP contribution in [0.25, 0.3) is 5.76 Å². The monoisotopic (exact) mass is 398 g/mol. The number of nitrogens with zero attached hydrogens (tertiary/aromatic N) is 2. The molecule has 1 amide bonds. The maximum Gasteiger partial charge on any atom is 0.295 e. The molecule has 152 valence electrons. The number of methoxy groups -OCH3 is 1. The molecule has 0 bridgehead atoms. The van der Waals surface area contributed by atoms with Crippen molar-refractivity contribution in [1.29, 1.82) is 0 Å². The average molecular weight is 398 g/mol. The number of ether oxygens (including phenoxy) is 1. The van der Waals surface area contributed by atoms with Gasteiger partial charge in [0.15, 0.2) is 0 Å². The molecule has 2 aromatic rings. The molecule has 7 heteroatoms. The summed E-state index contributed by atoms with van der Waals surface area (Å²) in [6.45, 7) is 0.826. The van der Waals surface area contributed by atoms with Crippen LogP contribution in [0.1, 0.15) is 17.2 Å². The number of carbonyl (C=O) groups excluding carboxylic acids is 2. The number of likely N-dealkylation sites (tertiary alicyclic amines) is 1. The van der Waals surface area contributed by atoms with Crippen LogP contribution in [-0.2, 0) is 9.59 Å². The van der Waals surface area contributed by atoms with Crippen molar-refractivity contribution in [2.24, 2.45) is 0 Å². The van der Waals surface area contributed by atoms with E-state index in [1.165, 1.54) is 36.3 Å². The first-order valence-electron chi connectivity index (χ1n) is 9.16. The predicted octanol–water partition coefficient (Wildman–Crippen LogP) is 2.82. The average Bonchev–Trinajstić information content (AvgIpc) is 2.97. The van der Waals surface area contributed by atoms with Crippen LogP contribution in [-0.4, -0.2) is 60.9 Å². The molecule has 1 aliphatic heterocycles. The van der Waals surface area contributed by atoms with Crippen LogP contribution in [0, 0.1) is 5.82 Å². The second-order valence-electron chi connectivity index (χ2n) is 7.08. The third-order valence-electron chi connectivity index (χ3n) is 4.88. The normalized spacial score (nSPS) is 18.5. The van der Waals surface area contributed by atoms with Crippen LogP contribution >= 0.6 is 0 Å². The molecule has 2 aromatic carbocycles. The van der Waals surface area contributed by atoms with Crippen LogP contribution in [0.3, 0.4) is 0 Å². The van der Waals surface area contributed by atoms with Gasteiger partial charge in [-0.3, -0.25) is 9.59 Å². The molecule has 0 radical (unpaired) electrons. The minimum atomic E-state index is -0.794. The zero-order chi connectivity index (χ0) is 21.1. The summed E-state index contributed by atoms with van der Waals surface area (Å²) in [5.41, 5.74) is 0.938. The van der Waals surface area contributed by atoms with Crippen LogP contribution < -0.4 is 4.74 Å². The van der Waals surface area contributed by atoms with Crippen LogP contribution in [0.5, 0.6) is 5.75 Å². The summed E-state index contributed by atoms with van der Waals surface area (Å²) in [6, 6.07) is 11.3. The third kappa shape index (κ3) is 4.14. The second-order valence-corrected chi connectivity index (χ2v) is 7.08. The fourth-order valence-corrected chi connectivity index (χ4v) is 3.31. The number of aliphatic hydroxyl groups excluding tert-OH is 1. The molecular formula is C22H23FN2O4. The lowest BCUT2D eigenvalue weighted by molar-refractivity contribution is -0.140. The first kappa shape index (κ1) is 20.5. The number of rotatable bonds is 6. The zero-order valence-corrected chi connectivity index (χ0v) is 16.6. The van der Waals surface area contributed by atoms with E-state index in [1.54, 1.807) is 24.3 Å². The van der Waals surface area contributed by atoms with Gasteiger partial charge in [0.1, 0.15) is 17.3 Å². The molecule has 1 atom stereocenters. The van der Waals surface area contributed by atoms with Gasteiger partial charge in [-0.25, -0.2) is 4.39 Å². The standard InChI is InChI=1S/C22H23FN2O4/c1-24(2)12-13-25-19(14-4-8-16(23)9-5-14)18(21(27)22(25)28)20(26)15-6-10-17(29-3)11-7-15/h4-11,19,26H,12-13H2,1-3H3/t19-/m1/s1. The summed E-state index contributed by atoms with van der Waals surface area (Å²) in [5, 5.41) is 10.9. The Labute approximate surface area is 168 Å². The highest BCUT2D eigenvalue weighted by Gasteiger charge is 2.45. The van der Waals surface area contributed by atoms with Crippen LogP contribution in [0.4, 0.5) is 4.39 Å². The Bertz CT molecular complexity index is 936. The molecule has 0 aliphatic carbocycles. The lowest BCUT2D eigenvalue weighted by Gasteiger charge is -2.26. The number of ketones is 1. The van der Waals surface area contributed by atoms with E-state index in [0.717, 1.165) is 0 Å². The Kier molecular flexibility index (Phi) is 5.98. The fraction of sp³-hybridized carbons (Fsp3) is 0.273. The number of likely N-dealkylation sites (N-methyl/N-ethyl adjacent to an activating group) is 1. The molecule has 1 saturated heterocycles. The minimum Gasteiger partial charge on any atom is -0.507 e. The van der Waals surface area contributed by atoms with Gasteiger partial charge in [0.05, 0.1) is 18.7 Å². The highest BCUT2D eigenvalue weighted by Crippen LogP contribution is 2.39. The van der Waals surface area contributed by atoms with Gasteiger partial charge in [0, 0.05) is 18.7 Å². The van der Waals surface area contributed by atoms with E-state index >= 15 is 0 Å². The van der Waals surface area contributed by atoms with Gasteiger partial charge in [-0.15, -0.1) is 0 Å². The van der Waals surface area contributed by atoms with Crippen molar-refractivity contribution in [2.45, 2.75) is 6.04 Å². The quantitative estimate of drug-likeness (QED) is 0.460. The van der Waals surface area contributed by atoms with Gasteiger partial charge in [-0.2, -0.15) is 0 Å². The molecule has 1 N–H and O–H groups in total. The van der Waals surface area contributed by atoms with Crippen molar-refractivity contribution in [3.63, 3.8) is 0 Å². The first-order valence-corrected chi connectivity index (χ1v) is 9.16. The number of carbonyl (C=O) groups is 2. The number of hydrogen-bond donors (Lipinski definition) is 1. The highest BCUT2D eigenvalue weighted by atomic mass is 19.1. The Balaban J connectivity index is 2.11. The van der Waals surface area contributed by atoms with Gasteiger partial charge in [-0.1, -0.05) is 12.1 Å². The molecule has 0 unspecified atom stereocenters. The molecular weight excluding hydrogens is 375 g/mol. The number of amides is 1. The third-order valence-corrected chi connectivity index (χ3v) is 4.88. The molecule has 3 rings (SSSR count). The molecule has 1 fully saturated rings. The molecule has 6 nitrogen and oxygen atoms in total. The van der Waals surface area contributed by atoms with E-state index in [2.05, 4.69) is 0 Å². The van der Waals surface area contributed by atoms with Crippen molar-refractivity contribution >= 4 is 17.4 Å². The molecule has 29 heavy (non-hydrogen) atoms. The molecule has 0 saturated carbocycles. The maximum absolute atomic E-state index is 13.4. The summed E-state index contributed by atoms with van der Waals surface area (Å²) in [6.07, 6.45) is 0. The summed E-state index contributed by atoms with van der Waals surface area (Å²) < 4.78 is 18.6.